The molecule has 0 saturated carbocycles. The number of sulfonamides is 2. The molecule has 1 aromatic carbocycles. The van der Waals surface area contributed by atoms with Gasteiger partial charge in [0.25, 0.3) is 0 Å². The van der Waals surface area contributed by atoms with Crippen LogP contribution in [0.1, 0.15) is 45.1 Å². The van der Waals surface area contributed by atoms with E-state index in [4.69, 9.17) is 0 Å². The third-order valence-electron chi connectivity index (χ3n) is 3.63. The van der Waals surface area contributed by atoms with Crippen LogP contribution in [0.15, 0.2) is 24.3 Å². The predicted molar refractivity (Wildman–Crippen MR) is 99.4 cm³/mol. The molecule has 6 nitrogen and oxygen atoms in total. The Morgan fingerprint density at radius 1 is 1.12 bits per heavy atom. The van der Waals surface area contributed by atoms with Crippen molar-refractivity contribution in [2.75, 3.05) is 29.4 Å². The summed E-state index contributed by atoms with van der Waals surface area (Å²) in [6, 6.07) is 7.29. The minimum Gasteiger partial charge on any atom is -0.269 e. The number of anilines is 1. The van der Waals surface area contributed by atoms with Crippen LogP contribution in [0.4, 0.5) is 5.69 Å². The number of hydrogen-bond acceptors (Lipinski definition) is 4. The molecule has 0 unspecified atom stereocenters. The first-order valence-electron chi connectivity index (χ1n) is 8.12. The van der Waals surface area contributed by atoms with Crippen molar-refractivity contribution in [2.24, 2.45) is 0 Å². The SMILES string of the molecule is CCCCS(=O)(=O)NCCN(c1ccccc1C(C)C)S(C)(=O)=O. The van der Waals surface area contributed by atoms with Crippen LogP contribution >= 0.6 is 0 Å². The highest BCUT2D eigenvalue weighted by Gasteiger charge is 2.21. The highest BCUT2D eigenvalue weighted by Crippen LogP contribution is 2.28. The maximum atomic E-state index is 12.2. The Hall–Kier alpha value is -1.12. The van der Waals surface area contributed by atoms with Crippen molar-refractivity contribution in [3.8, 4) is 0 Å². The summed E-state index contributed by atoms with van der Waals surface area (Å²) < 4.78 is 51.8. The summed E-state index contributed by atoms with van der Waals surface area (Å²) >= 11 is 0. The van der Waals surface area contributed by atoms with Crippen LogP contribution in [-0.4, -0.2) is 41.9 Å². The van der Waals surface area contributed by atoms with Crippen LogP contribution in [0.3, 0.4) is 0 Å². The Morgan fingerprint density at radius 2 is 1.75 bits per heavy atom. The van der Waals surface area contributed by atoms with Gasteiger partial charge >= 0.3 is 0 Å². The summed E-state index contributed by atoms with van der Waals surface area (Å²) in [6.45, 7) is 6.02. The van der Waals surface area contributed by atoms with Gasteiger partial charge in [-0.25, -0.2) is 21.6 Å². The van der Waals surface area contributed by atoms with E-state index in [1.807, 2.05) is 32.9 Å². The smallest absolute Gasteiger partial charge is 0.232 e. The van der Waals surface area contributed by atoms with Gasteiger partial charge in [-0.3, -0.25) is 4.31 Å². The van der Waals surface area contributed by atoms with Crippen molar-refractivity contribution >= 4 is 25.7 Å². The zero-order valence-corrected chi connectivity index (χ0v) is 16.5. The Labute approximate surface area is 146 Å². The number of nitrogens with one attached hydrogen (secondary N) is 1. The average molecular weight is 377 g/mol. The van der Waals surface area contributed by atoms with Gasteiger partial charge in [0.05, 0.1) is 17.7 Å². The molecule has 0 saturated heterocycles. The Morgan fingerprint density at radius 3 is 2.29 bits per heavy atom. The molecule has 0 heterocycles. The van der Waals surface area contributed by atoms with Crippen LogP contribution < -0.4 is 9.03 Å². The minimum absolute atomic E-state index is 0.0472. The van der Waals surface area contributed by atoms with Crippen molar-refractivity contribution < 1.29 is 16.8 Å². The number of hydrogen-bond donors (Lipinski definition) is 1. The fraction of sp³-hybridized carbons (Fsp3) is 0.625. The van der Waals surface area contributed by atoms with E-state index in [0.29, 0.717) is 12.1 Å². The molecule has 24 heavy (non-hydrogen) atoms. The molecule has 0 aromatic heterocycles. The lowest BCUT2D eigenvalue weighted by atomic mass is 10.0. The molecule has 0 spiro atoms. The van der Waals surface area contributed by atoms with Gasteiger partial charge in [-0.15, -0.1) is 0 Å². The molecule has 0 radical (unpaired) electrons. The lowest BCUT2D eigenvalue weighted by Crippen LogP contribution is -2.39. The fourth-order valence-corrected chi connectivity index (χ4v) is 4.54. The van der Waals surface area contributed by atoms with Crippen LogP contribution in [0.5, 0.6) is 0 Å². The van der Waals surface area contributed by atoms with Gasteiger partial charge in [-0.1, -0.05) is 45.4 Å². The molecule has 0 aliphatic heterocycles. The first kappa shape index (κ1) is 20.9. The molecule has 1 aromatic rings. The first-order valence-corrected chi connectivity index (χ1v) is 11.6. The summed E-state index contributed by atoms with van der Waals surface area (Å²) in [6.07, 6.45) is 2.51. The van der Waals surface area contributed by atoms with Crippen molar-refractivity contribution in [2.45, 2.75) is 39.5 Å². The zero-order valence-electron chi connectivity index (χ0n) is 14.8. The zero-order chi connectivity index (χ0) is 18.4. The van der Waals surface area contributed by atoms with E-state index >= 15 is 0 Å². The quantitative estimate of drug-likeness (QED) is 0.679. The van der Waals surface area contributed by atoms with E-state index in [1.54, 1.807) is 12.1 Å². The standard InChI is InChI=1S/C16H28N2O4S2/c1-5-6-13-24(21,22)17-11-12-18(23(4,19)20)16-10-8-7-9-15(16)14(2)3/h7-10,14,17H,5-6,11-13H2,1-4H3. The lowest BCUT2D eigenvalue weighted by molar-refractivity contribution is 0.575. The molecular weight excluding hydrogens is 348 g/mol. The normalized spacial score (nSPS) is 12.5. The number of benzene rings is 1. The van der Waals surface area contributed by atoms with Gasteiger partial charge in [0, 0.05) is 13.1 Å². The average Bonchev–Trinajstić information content (AvgIpc) is 2.48. The second-order valence-corrected chi connectivity index (χ2v) is 9.95. The third-order valence-corrected chi connectivity index (χ3v) is 6.28. The van der Waals surface area contributed by atoms with E-state index < -0.39 is 20.0 Å². The monoisotopic (exact) mass is 376 g/mol. The number of rotatable bonds is 10. The van der Waals surface area contributed by atoms with Gasteiger partial charge in [0.1, 0.15) is 0 Å². The van der Waals surface area contributed by atoms with Gasteiger partial charge < -0.3 is 0 Å². The highest BCUT2D eigenvalue weighted by atomic mass is 32.2. The van der Waals surface area contributed by atoms with E-state index in [9.17, 15) is 16.8 Å². The fourth-order valence-electron chi connectivity index (χ4n) is 2.38. The third kappa shape index (κ3) is 6.41. The van der Waals surface area contributed by atoms with Gasteiger partial charge in [-0.05, 0) is 24.0 Å². The van der Waals surface area contributed by atoms with Crippen molar-refractivity contribution in [1.29, 1.82) is 0 Å². The van der Waals surface area contributed by atoms with Crippen molar-refractivity contribution in [3.63, 3.8) is 0 Å². The van der Waals surface area contributed by atoms with E-state index in [1.165, 1.54) is 4.31 Å². The Bertz CT molecular complexity index is 728. The maximum Gasteiger partial charge on any atom is 0.232 e. The number of unbranched alkanes of at least 4 members (excludes halogenated alkanes) is 1. The molecule has 0 aliphatic rings. The molecule has 0 amide bonds. The van der Waals surface area contributed by atoms with Crippen LogP contribution in [0.2, 0.25) is 0 Å². The van der Waals surface area contributed by atoms with Crippen LogP contribution in [-0.2, 0) is 20.0 Å². The maximum absolute atomic E-state index is 12.2. The molecule has 0 aliphatic carbocycles. The summed E-state index contributed by atoms with van der Waals surface area (Å²) in [5, 5.41) is 0. The predicted octanol–water partition coefficient (Wildman–Crippen LogP) is 2.30. The highest BCUT2D eigenvalue weighted by molar-refractivity contribution is 7.92. The summed E-state index contributed by atoms with van der Waals surface area (Å²) in [5.74, 6) is 0.219. The number of nitrogens with zero attached hydrogens (tertiary/aromatic N) is 1. The van der Waals surface area contributed by atoms with E-state index in [0.717, 1.165) is 18.2 Å². The van der Waals surface area contributed by atoms with Crippen molar-refractivity contribution in [3.05, 3.63) is 29.8 Å². The molecule has 0 atom stereocenters. The van der Waals surface area contributed by atoms with Crippen LogP contribution in [0, 0.1) is 0 Å². The second-order valence-electron chi connectivity index (χ2n) is 6.12. The Balaban J connectivity index is 2.94. The molecule has 8 heteroatoms. The van der Waals surface area contributed by atoms with Crippen molar-refractivity contribution in [1.82, 2.24) is 4.72 Å². The van der Waals surface area contributed by atoms with Gasteiger partial charge in [-0.2, -0.15) is 0 Å². The molecule has 138 valence electrons. The molecular formula is C16H28N2O4S2. The van der Waals surface area contributed by atoms with Gasteiger partial charge in [0.15, 0.2) is 0 Å². The second kappa shape index (κ2) is 8.82. The van der Waals surface area contributed by atoms with E-state index in [2.05, 4.69) is 4.72 Å². The van der Waals surface area contributed by atoms with E-state index in [-0.39, 0.29) is 24.8 Å². The summed E-state index contributed by atoms with van der Waals surface area (Å²) in [5.41, 5.74) is 1.51. The molecule has 0 fully saturated rings. The number of para-hydroxylation sites is 1. The summed E-state index contributed by atoms with van der Waals surface area (Å²) in [7, 11) is -6.88. The largest absolute Gasteiger partial charge is 0.269 e. The first-order chi connectivity index (χ1) is 11.1. The lowest BCUT2D eigenvalue weighted by Gasteiger charge is -2.26. The molecule has 0 bridgehead atoms. The minimum atomic E-state index is -3.51. The Kier molecular flexibility index (Phi) is 7.69. The van der Waals surface area contributed by atoms with Gasteiger partial charge in [0.2, 0.25) is 20.0 Å². The van der Waals surface area contributed by atoms with Crippen LogP contribution in [0.25, 0.3) is 0 Å². The molecule has 1 rings (SSSR count). The summed E-state index contributed by atoms with van der Waals surface area (Å²) in [4.78, 5) is 0. The topological polar surface area (TPSA) is 83.6 Å². The molecule has 1 N–H and O–H groups in total.